The fourth-order valence-electron chi connectivity index (χ4n) is 5.02. The minimum Gasteiger partial charge on any atom is -0.206 e. The highest BCUT2D eigenvalue weighted by Crippen LogP contribution is 2.44. The molecule has 0 saturated heterocycles. The third kappa shape index (κ3) is 3.76. The van der Waals surface area contributed by atoms with Crippen LogP contribution in [0.2, 0.25) is 0 Å². The molecule has 1 aromatic rings. The van der Waals surface area contributed by atoms with E-state index in [0.717, 1.165) is 41.7 Å². The molecule has 2 aliphatic rings. The Morgan fingerprint density at radius 1 is 1.00 bits per heavy atom. The van der Waals surface area contributed by atoms with Crippen molar-refractivity contribution in [3.05, 3.63) is 40.7 Å². The van der Waals surface area contributed by atoms with E-state index < -0.39 is 0 Å². The number of benzene rings is 1. The highest BCUT2D eigenvalue weighted by Gasteiger charge is 2.30. The zero-order chi connectivity index (χ0) is 17.1. The second kappa shape index (κ2) is 7.85. The average Bonchev–Trinajstić information content (AvgIpc) is 2.62. The summed E-state index contributed by atoms with van der Waals surface area (Å²) in [5, 5.41) is 0. The summed E-state index contributed by atoms with van der Waals surface area (Å²) in [7, 11) is 0. The number of hydrogen-bond donors (Lipinski definition) is 0. The maximum Gasteiger partial charge on any atom is 0.130 e. The molecule has 1 heteroatoms. The Hall–Kier alpha value is -1.11. The van der Waals surface area contributed by atoms with Crippen LogP contribution < -0.4 is 0 Å². The number of hydrogen-bond acceptors (Lipinski definition) is 0. The van der Waals surface area contributed by atoms with Gasteiger partial charge in [0.1, 0.15) is 5.82 Å². The highest BCUT2D eigenvalue weighted by molar-refractivity contribution is 5.69. The van der Waals surface area contributed by atoms with E-state index in [0.29, 0.717) is 0 Å². The standard InChI is InChI=1S/C23H33F/c1-4-17-6-9-19(10-7-17)20-11-13-21(16(3)14-20)22-12-8-18(5-2)15-23(22)24/h8,12,15,17,19-20H,4-7,9-11,13-14H2,1-3H3. The van der Waals surface area contributed by atoms with E-state index >= 15 is 0 Å². The number of aryl methyl sites for hydroxylation is 1. The van der Waals surface area contributed by atoms with Crippen molar-refractivity contribution in [2.24, 2.45) is 17.8 Å². The van der Waals surface area contributed by atoms with E-state index in [1.807, 2.05) is 6.07 Å². The monoisotopic (exact) mass is 328 g/mol. The Morgan fingerprint density at radius 2 is 1.75 bits per heavy atom. The van der Waals surface area contributed by atoms with Gasteiger partial charge in [-0.15, -0.1) is 0 Å². The summed E-state index contributed by atoms with van der Waals surface area (Å²) in [6.07, 6.45) is 11.5. The van der Waals surface area contributed by atoms with E-state index in [1.54, 1.807) is 6.07 Å². The maximum atomic E-state index is 14.5. The van der Waals surface area contributed by atoms with Gasteiger partial charge in [-0.3, -0.25) is 0 Å². The van der Waals surface area contributed by atoms with Gasteiger partial charge in [-0.25, -0.2) is 4.39 Å². The molecule has 2 aliphatic carbocycles. The van der Waals surface area contributed by atoms with Crippen molar-refractivity contribution in [2.45, 2.75) is 78.6 Å². The molecule has 1 aromatic carbocycles. The van der Waals surface area contributed by atoms with Crippen molar-refractivity contribution in [3.63, 3.8) is 0 Å². The third-order valence-electron chi connectivity index (χ3n) is 6.75. The molecular formula is C23H33F. The first-order valence-corrected chi connectivity index (χ1v) is 10.1. The molecular weight excluding hydrogens is 295 g/mol. The van der Waals surface area contributed by atoms with Gasteiger partial charge in [0.2, 0.25) is 0 Å². The van der Waals surface area contributed by atoms with E-state index in [4.69, 9.17) is 0 Å². The second-order valence-corrected chi connectivity index (χ2v) is 8.12. The molecule has 0 N–H and O–H groups in total. The Morgan fingerprint density at radius 3 is 2.33 bits per heavy atom. The molecule has 1 unspecified atom stereocenters. The molecule has 3 rings (SSSR count). The fraction of sp³-hybridized carbons (Fsp3) is 0.652. The second-order valence-electron chi connectivity index (χ2n) is 8.12. The molecule has 0 aliphatic heterocycles. The van der Waals surface area contributed by atoms with Crippen molar-refractivity contribution in [1.29, 1.82) is 0 Å². The Bertz CT molecular complexity index is 590. The van der Waals surface area contributed by atoms with Gasteiger partial charge in [0.05, 0.1) is 0 Å². The van der Waals surface area contributed by atoms with Crippen LogP contribution in [0.25, 0.3) is 5.57 Å². The van der Waals surface area contributed by atoms with Crippen LogP contribution in [-0.4, -0.2) is 0 Å². The highest BCUT2D eigenvalue weighted by atomic mass is 19.1. The summed E-state index contributed by atoms with van der Waals surface area (Å²) in [5.41, 5.74) is 4.68. The van der Waals surface area contributed by atoms with E-state index in [2.05, 4.69) is 26.8 Å². The predicted octanol–water partition coefficient (Wildman–Crippen LogP) is 7.18. The molecule has 0 bridgehead atoms. The number of rotatable bonds is 4. The molecule has 1 atom stereocenters. The first-order chi connectivity index (χ1) is 11.6. The van der Waals surface area contributed by atoms with E-state index in [9.17, 15) is 4.39 Å². The van der Waals surface area contributed by atoms with Crippen LogP contribution in [-0.2, 0) is 6.42 Å². The lowest BCUT2D eigenvalue weighted by Crippen LogP contribution is -2.24. The van der Waals surface area contributed by atoms with Crippen LogP contribution in [0.15, 0.2) is 23.8 Å². The molecule has 24 heavy (non-hydrogen) atoms. The fourth-order valence-corrected chi connectivity index (χ4v) is 5.02. The van der Waals surface area contributed by atoms with Crippen molar-refractivity contribution < 1.29 is 4.39 Å². The molecule has 0 heterocycles. The zero-order valence-electron chi connectivity index (χ0n) is 15.7. The number of halogens is 1. The van der Waals surface area contributed by atoms with Crippen molar-refractivity contribution >= 4 is 5.57 Å². The topological polar surface area (TPSA) is 0 Å². The van der Waals surface area contributed by atoms with Gasteiger partial charge in [-0.1, -0.05) is 50.8 Å². The van der Waals surface area contributed by atoms with Crippen LogP contribution in [0.5, 0.6) is 0 Å². The maximum absolute atomic E-state index is 14.5. The van der Waals surface area contributed by atoms with Gasteiger partial charge in [-0.05, 0) is 80.4 Å². The van der Waals surface area contributed by atoms with Gasteiger partial charge in [0.15, 0.2) is 0 Å². The van der Waals surface area contributed by atoms with Crippen LogP contribution in [0.4, 0.5) is 4.39 Å². The number of allylic oxidation sites excluding steroid dienone is 2. The van der Waals surface area contributed by atoms with Gasteiger partial charge in [0, 0.05) is 5.56 Å². The van der Waals surface area contributed by atoms with Crippen LogP contribution in [0, 0.1) is 23.6 Å². The quantitative estimate of drug-likeness (QED) is 0.549. The van der Waals surface area contributed by atoms with Gasteiger partial charge in [-0.2, -0.15) is 0 Å². The summed E-state index contributed by atoms with van der Waals surface area (Å²) in [4.78, 5) is 0. The molecule has 1 fully saturated rings. The largest absolute Gasteiger partial charge is 0.206 e. The van der Waals surface area contributed by atoms with Crippen LogP contribution >= 0.6 is 0 Å². The SMILES string of the molecule is CCc1ccc(C2=C(C)CC(C3CCC(CC)CC3)CC2)c(F)c1. The summed E-state index contributed by atoms with van der Waals surface area (Å²) >= 11 is 0. The van der Waals surface area contributed by atoms with Crippen LogP contribution in [0.3, 0.4) is 0 Å². The summed E-state index contributed by atoms with van der Waals surface area (Å²) in [6.45, 7) is 6.66. The van der Waals surface area contributed by atoms with Gasteiger partial charge >= 0.3 is 0 Å². The lowest BCUT2D eigenvalue weighted by atomic mass is 9.69. The molecule has 0 aromatic heterocycles. The summed E-state index contributed by atoms with van der Waals surface area (Å²) < 4.78 is 14.5. The normalized spacial score (nSPS) is 28.2. The average molecular weight is 329 g/mol. The lowest BCUT2D eigenvalue weighted by Gasteiger charge is -2.36. The van der Waals surface area contributed by atoms with Gasteiger partial charge in [0.25, 0.3) is 0 Å². The Balaban J connectivity index is 1.70. The molecule has 132 valence electrons. The molecule has 0 spiro atoms. The third-order valence-corrected chi connectivity index (χ3v) is 6.75. The lowest BCUT2D eigenvalue weighted by molar-refractivity contribution is 0.190. The molecule has 0 nitrogen and oxygen atoms in total. The molecule has 0 radical (unpaired) electrons. The predicted molar refractivity (Wildman–Crippen MR) is 101 cm³/mol. The van der Waals surface area contributed by atoms with Crippen molar-refractivity contribution in [1.82, 2.24) is 0 Å². The first kappa shape index (κ1) is 17.7. The van der Waals surface area contributed by atoms with E-state index in [-0.39, 0.29) is 5.82 Å². The van der Waals surface area contributed by atoms with Crippen molar-refractivity contribution in [2.75, 3.05) is 0 Å². The van der Waals surface area contributed by atoms with E-state index in [1.165, 1.54) is 56.1 Å². The first-order valence-electron chi connectivity index (χ1n) is 10.1. The smallest absolute Gasteiger partial charge is 0.130 e. The zero-order valence-corrected chi connectivity index (χ0v) is 15.7. The minimum absolute atomic E-state index is 0.0226. The molecule has 1 saturated carbocycles. The van der Waals surface area contributed by atoms with Crippen molar-refractivity contribution in [3.8, 4) is 0 Å². The van der Waals surface area contributed by atoms with Crippen LogP contribution in [0.1, 0.15) is 83.3 Å². The summed E-state index contributed by atoms with van der Waals surface area (Å²) in [5.74, 6) is 2.70. The molecule has 0 amide bonds. The Labute approximate surface area is 147 Å². The Kier molecular flexibility index (Phi) is 5.79. The van der Waals surface area contributed by atoms with Gasteiger partial charge < -0.3 is 0 Å². The minimum atomic E-state index is -0.0226. The summed E-state index contributed by atoms with van der Waals surface area (Å²) in [6, 6.07) is 5.84.